The highest BCUT2D eigenvalue weighted by Gasteiger charge is 2.21. The number of aromatic nitrogens is 1. The van der Waals surface area contributed by atoms with Gasteiger partial charge in [0.05, 0.1) is 17.7 Å². The van der Waals surface area contributed by atoms with Crippen LogP contribution in [-0.2, 0) is 17.9 Å². The van der Waals surface area contributed by atoms with E-state index >= 15 is 0 Å². The predicted molar refractivity (Wildman–Crippen MR) is 115 cm³/mol. The fraction of sp³-hybridized carbons (Fsp3) is 0.524. The first kappa shape index (κ1) is 23.0. The number of hydrogen-bond acceptors (Lipinski definition) is 5. The number of nitrogens with two attached hydrogens (primary N) is 1. The molecule has 0 radical (unpaired) electrons. The fourth-order valence-electron chi connectivity index (χ4n) is 3.03. The first-order valence-electron chi connectivity index (χ1n) is 9.76. The number of fused-ring (bicyclic) bond motifs is 1. The number of halogens is 1. The lowest BCUT2D eigenvalue weighted by Gasteiger charge is -2.25. The van der Waals surface area contributed by atoms with Crippen molar-refractivity contribution in [1.82, 2.24) is 9.40 Å². The number of carbonyl (C=O) groups excluding carboxylic acids is 1. The van der Waals surface area contributed by atoms with E-state index in [-0.39, 0.29) is 24.1 Å². The number of nitrogens with one attached hydrogen (secondary N) is 1. The van der Waals surface area contributed by atoms with Gasteiger partial charge in [-0.05, 0) is 30.0 Å². The molecular weight excluding hydrogens is 394 g/mol. The fourth-order valence-corrected chi connectivity index (χ4v) is 3.09. The third-order valence-corrected chi connectivity index (χ3v) is 4.56. The largest absolute Gasteiger partial charge is 0.491 e. The van der Waals surface area contributed by atoms with Crippen LogP contribution in [0, 0.1) is 5.41 Å². The minimum absolute atomic E-state index is 0.111. The van der Waals surface area contributed by atoms with Gasteiger partial charge >= 0.3 is 0 Å². The molecule has 29 heavy (non-hydrogen) atoms. The number of rotatable bonds is 9. The molecule has 1 heterocycles. The Bertz CT molecular complexity index is 919. The Morgan fingerprint density at radius 3 is 2.55 bits per heavy atom. The van der Waals surface area contributed by atoms with Crippen molar-refractivity contribution < 1.29 is 14.3 Å². The van der Waals surface area contributed by atoms with E-state index in [4.69, 9.17) is 27.0 Å². The zero-order valence-corrected chi connectivity index (χ0v) is 18.3. The number of amides is 1. The molecule has 0 spiro atoms. The minimum Gasteiger partial charge on any atom is -0.491 e. The van der Waals surface area contributed by atoms with E-state index in [0.29, 0.717) is 41.1 Å². The molecule has 1 aromatic carbocycles. The Morgan fingerprint density at radius 2 is 1.97 bits per heavy atom. The van der Waals surface area contributed by atoms with Gasteiger partial charge in [0, 0.05) is 30.3 Å². The molecule has 7 nitrogen and oxygen atoms in total. The zero-order chi connectivity index (χ0) is 21.6. The van der Waals surface area contributed by atoms with Gasteiger partial charge in [-0.2, -0.15) is 0 Å². The maximum atomic E-state index is 13.2. The van der Waals surface area contributed by atoms with Gasteiger partial charge in [0.1, 0.15) is 11.5 Å². The van der Waals surface area contributed by atoms with Crippen molar-refractivity contribution in [2.75, 3.05) is 13.2 Å². The normalized spacial score (nSPS) is 11.5. The molecule has 2 rings (SSSR count). The molecule has 0 bridgehead atoms. The molecular formula is C21H30ClN3O4. The van der Waals surface area contributed by atoms with Gasteiger partial charge < -0.3 is 19.8 Å². The van der Waals surface area contributed by atoms with E-state index < -0.39 is 5.91 Å². The number of hydrogen-bond donors (Lipinski definition) is 2. The summed E-state index contributed by atoms with van der Waals surface area (Å²) in [6.45, 7) is 9.27. The van der Waals surface area contributed by atoms with Crippen LogP contribution in [0.4, 0.5) is 0 Å². The van der Waals surface area contributed by atoms with Crippen LogP contribution in [0.25, 0.3) is 10.8 Å². The standard InChI is InChI=1S/C21H30ClN3O4/c1-5-6-9-28-19-16-10-14(29-12-18(26)24-22)7-8-15(16)20(27)25(17(19)11-23)13-21(2,3)4/h7-8,10H,5-6,9,11-13,23H2,1-4H3,(H,24,26). The Morgan fingerprint density at radius 1 is 1.24 bits per heavy atom. The van der Waals surface area contributed by atoms with Crippen LogP contribution in [-0.4, -0.2) is 23.7 Å². The maximum absolute atomic E-state index is 13.2. The second-order valence-electron chi connectivity index (χ2n) is 8.15. The summed E-state index contributed by atoms with van der Waals surface area (Å²) in [5.41, 5.74) is 6.47. The van der Waals surface area contributed by atoms with Crippen molar-refractivity contribution in [1.29, 1.82) is 0 Å². The molecule has 2 aromatic rings. The Balaban J connectivity index is 2.64. The minimum atomic E-state index is -0.463. The number of benzene rings is 1. The third kappa shape index (κ3) is 5.87. The van der Waals surface area contributed by atoms with E-state index in [1.807, 2.05) is 4.84 Å². The van der Waals surface area contributed by atoms with Crippen LogP contribution in [0.5, 0.6) is 11.5 Å². The van der Waals surface area contributed by atoms with Gasteiger partial charge in [-0.25, -0.2) is 0 Å². The molecule has 0 aliphatic heterocycles. The van der Waals surface area contributed by atoms with E-state index in [0.717, 1.165) is 12.8 Å². The molecule has 160 valence electrons. The molecule has 0 atom stereocenters. The number of nitrogens with zero attached hydrogens (tertiary/aromatic N) is 1. The van der Waals surface area contributed by atoms with Gasteiger partial charge in [-0.1, -0.05) is 34.1 Å². The average molecular weight is 424 g/mol. The van der Waals surface area contributed by atoms with Gasteiger partial charge in [0.15, 0.2) is 6.61 Å². The van der Waals surface area contributed by atoms with Crippen LogP contribution in [0.2, 0.25) is 0 Å². The van der Waals surface area contributed by atoms with Crippen molar-refractivity contribution >= 4 is 28.5 Å². The maximum Gasteiger partial charge on any atom is 0.272 e. The molecule has 3 N–H and O–H groups in total. The number of carbonyl (C=O) groups is 1. The SMILES string of the molecule is CCCCOc1c(CN)n(CC(C)(C)C)c(=O)c2ccc(OCC(=O)NCl)cc12. The van der Waals surface area contributed by atoms with Crippen LogP contribution in [0.3, 0.4) is 0 Å². The van der Waals surface area contributed by atoms with E-state index in [2.05, 4.69) is 27.7 Å². The van der Waals surface area contributed by atoms with E-state index in [1.165, 1.54) is 0 Å². The van der Waals surface area contributed by atoms with Gasteiger partial charge in [0.25, 0.3) is 11.5 Å². The molecule has 8 heteroatoms. The van der Waals surface area contributed by atoms with Gasteiger partial charge in [-0.15, -0.1) is 0 Å². The number of pyridine rings is 1. The molecule has 0 saturated heterocycles. The molecule has 1 amide bonds. The van der Waals surface area contributed by atoms with Crippen molar-refractivity contribution in [2.24, 2.45) is 11.1 Å². The summed E-state index contributed by atoms with van der Waals surface area (Å²) < 4.78 is 13.3. The van der Waals surface area contributed by atoms with Crippen molar-refractivity contribution in [3.63, 3.8) is 0 Å². The molecule has 0 fully saturated rings. The molecule has 0 aliphatic rings. The topological polar surface area (TPSA) is 95.6 Å². The highest BCUT2D eigenvalue weighted by molar-refractivity contribution is 6.21. The molecule has 1 aromatic heterocycles. The summed E-state index contributed by atoms with van der Waals surface area (Å²) in [6.07, 6.45) is 1.87. The third-order valence-electron chi connectivity index (χ3n) is 4.34. The second-order valence-corrected chi connectivity index (χ2v) is 8.34. The summed E-state index contributed by atoms with van der Waals surface area (Å²) in [5, 5.41) is 1.15. The molecule has 0 aliphatic carbocycles. The Labute approximate surface area is 176 Å². The lowest BCUT2D eigenvalue weighted by atomic mass is 9.96. The van der Waals surface area contributed by atoms with Crippen LogP contribution >= 0.6 is 11.8 Å². The number of ether oxygens (including phenoxy) is 2. The lowest BCUT2D eigenvalue weighted by molar-refractivity contribution is -0.121. The predicted octanol–water partition coefficient (Wildman–Crippen LogP) is 3.33. The van der Waals surface area contributed by atoms with Crippen LogP contribution in [0.1, 0.15) is 46.2 Å². The smallest absolute Gasteiger partial charge is 0.272 e. The highest BCUT2D eigenvalue weighted by Crippen LogP contribution is 2.32. The van der Waals surface area contributed by atoms with Crippen molar-refractivity contribution in [3.05, 3.63) is 34.2 Å². The Hall–Kier alpha value is -2.25. The summed E-state index contributed by atoms with van der Waals surface area (Å²) in [4.78, 5) is 26.6. The quantitative estimate of drug-likeness (QED) is 0.476. The van der Waals surface area contributed by atoms with Gasteiger partial charge in [-0.3, -0.25) is 14.4 Å². The van der Waals surface area contributed by atoms with E-state index in [9.17, 15) is 9.59 Å². The number of unbranched alkanes of at least 4 members (excludes halogenated alkanes) is 1. The summed E-state index contributed by atoms with van der Waals surface area (Å²) >= 11 is 5.28. The Kier molecular flexibility index (Phi) is 7.93. The summed E-state index contributed by atoms with van der Waals surface area (Å²) in [7, 11) is 0. The summed E-state index contributed by atoms with van der Waals surface area (Å²) in [6, 6.07) is 5.06. The zero-order valence-electron chi connectivity index (χ0n) is 17.5. The van der Waals surface area contributed by atoms with Crippen LogP contribution < -0.4 is 25.6 Å². The van der Waals surface area contributed by atoms with Crippen LogP contribution in [0.15, 0.2) is 23.0 Å². The second kappa shape index (κ2) is 9.98. The van der Waals surface area contributed by atoms with E-state index in [1.54, 1.807) is 22.8 Å². The highest BCUT2D eigenvalue weighted by atomic mass is 35.5. The first-order chi connectivity index (χ1) is 13.7. The van der Waals surface area contributed by atoms with Crippen molar-refractivity contribution in [2.45, 2.75) is 53.6 Å². The molecule has 0 unspecified atom stereocenters. The first-order valence-corrected chi connectivity index (χ1v) is 10.1. The molecule has 0 saturated carbocycles. The average Bonchev–Trinajstić information content (AvgIpc) is 2.68. The lowest BCUT2D eigenvalue weighted by Crippen LogP contribution is -2.31. The van der Waals surface area contributed by atoms with Crippen molar-refractivity contribution in [3.8, 4) is 11.5 Å². The summed E-state index contributed by atoms with van der Waals surface area (Å²) in [5.74, 6) is 0.565. The van der Waals surface area contributed by atoms with Gasteiger partial charge in [0.2, 0.25) is 0 Å². The monoisotopic (exact) mass is 423 g/mol.